The Bertz CT molecular complexity index is 328. The smallest absolute Gasteiger partial charge is 0.317 e. The van der Waals surface area contributed by atoms with Crippen molar-refractivity contribution < 1.29 is 14.7 Å². The van der Waals surface area contributed by atoms with Gasteiger partial charge in [0, 0.05) is 19.6 Å². The summed E-state index contributed by atoms with van der Waals surface area (Å²) in [4.78, 5) is 24.5. The molecule has 110 valence electrons. The van der Waals surface area contributed by atoms with E-state index in [0.717, 1.165) is 0 Å². The van der Waals surface area contributed by atoms with Crippen molar-refractivity contribution in [2.24, 2.45) is 17.3 Å². The zero-order valence-electron chi connectivity index (χ0n) is 12.4. The summed E-state index contributed by atoms with van der Waals surface area (Å²) in [7, 11) is 0. The molecule has 0 radical (unpaired) electrons. The molecule has 1 fully saturated rings. The van der Waals surface area contributed by atoms with E-state index in [1.165, 1.54) is 0 Å². The Balaban J connectivity index is 2.34. The first-order valence-electron chi connectivity index (χ1n) is 6.97. The van der Waals surface area contributed by atoms with E-state index in [-0.39, 0.29) is 17.4 Å². The molecule has 5 heteroatoms. The van der Waals surface area contributed by atoms with Gasteiger partial charge >= 0.3 is 12.0 Å². The summed E-state index contributed by atoms with van der Waals surface area (Å²) in [5.74, 6) is -0.646. The lowest BCUT2D eigenvalue weighted by atomic mass is 9.82. The van der Waals surface area contributed by atoms with Gasteiger partial charge in [0.2, 0.25) is 0 Å². The standard InChI is InChI=1S/C14H26N2O3/c1-10(14(2,3)4)9-15-13(19)16-7-5-11(6-8-16)12(17)18/h10-11H,5-9H2,1-4H3,(H,15,19)(H,17,18). The van der Waals surface area contributed by atoms with Gasteiger partial charge in [-0.15, -0.1) is 0 Å². The third kappa shape index (κ3) is 4.73. The van der Waals surface area contributed by atoms with Crippen LogP contribution in [0.4, 0.5) is 4.79 Å². The van der Waals surface area contributed by atoms with Gasteiger partial charge in [-0.1, -0.05) is 27.7 Å². The lowest BCUT2D eigenvalue weighted by Crippen LogP contribution is -2.47. The number of nitrogens with one attached hydrogen (secondary N) is 1. The second-order valence-electron chi connectivity index (χ2n) is 6.55. The molecule has 0 aliphatic carbocycles. The molecule has 0 aromatic heterocycles. The predicted molar refractivity (Wildman–Crippen MR) is 74.0 cm³/mol. The summed E-state index contributed by atoms with van der Waals surface area (Å²) in [5.41, 5.74) is 0.170. The monoisotopic (exact) mass is 270 g/mol. The van der Waals surface area contributed by atoms with Gasteiger partial charge in [-0.05, 0) is 24.2 Å². The Morgan fingerprint density at radius 1 is 1.32 bits per heavy atom. The highest BCUT2D eigenvalue weighted by molar-refractivity contribution is 5.75. The fourth-order valence-corrected chi connectivity index (χ4v) is 1.99. The lowest BCUT2D eigenvalue weighted by Gasteiger charge is -2.32. The van der Waals surface area contributed by atoms with Crippen molar-refractivity contribution >= 4 is 12.0 Å². The van der Waals surface area contributed by atoms with Crippen molar-refractivity contribution in [2.75, 3.05) is 19.6 Å². The number of amides is 2. The van der Waals surface area contributed by atoms with E-state index in [1.807, 2.05) is 0 Å². The number of piperidine rings is 1. The van der Waals surface area contributed by atoms with Crippen molar-refractivity contribution in [2.45, 2.75) is 40.5 Å². The fraction of sp³-hybridized carbons (Fsp3) is 0.857. The van der Waals surface area contributed by atoms with Crippen molar-refractivity contribution in [1.29, 1.82) is 0 Å². The van der Waals surface area contributed by atoms with E-state index in [4.69, 9.17) is 5.11 Å². The van der Waals surface area contributed by atoms with Gasteiger partial charge in [-0.2, -0.15) is 0 Å². The molecule has 1 aliphatic heterocycles. The number of carboxylic acids is 1. The maximum Gasteiger partial charge on any atom is 0.317 e. The first-order chi connectivity index (χ1) is 8.71. The fourth-order valence-electron chi connectivity index (χ4n) is 1.99. The van der Waals surface area contributed by atoms with Crippen LogP contribution in [0.3, 0.4) is 0 Å². The number of aliphatic carboxylic acids is 1. The van der Waals surface area contributed by atoms with E-state index >= 15 is 0 Å². The van der Waals surface area contributed by atoms with Crippen LogP contribution in [0.1, 0.15) is 40.5 Å². The van der Waals surface area contributed by atoms with Crippen LogP contribution in [-0.2, 0) is 4.79 Å². The molecule has 0 aromatic rings. The molecule has 19 heavy (non-hydrogen) atoms. The van der Waals surface area contributed by atoms with Crippen molar-refractivity contribution in [3.05, 3.63) is 0 Å². The highest BCUT2D eigenvalue weighted by atomic mass is 16.4. The largest absolute Gasteiger partial charge is 0.481 e. The maximum atomic E-state index is 12.0. The Hall–Kier alpha value is -1.26. The molecule has 1 atom stereocenters. The first kappa shape index (κ1) is 15.8. The summed E-state index contributed by atoms with van der Waals surface area (Å²) < 4.78 is 0. The number of rotatable bonds is 3. The predicted octanol–water partition coefficient (Wildman–Crippen LogP) is 2.17. The van der Waals surface area contributed by atoms with Gasteiger partial charge in [0.15, 0.2) is 0 Å². The van der Waals surface area contributed by atoms with E-state index in [9.17, 15) is 9.59 Å². The van der Waals surface area contributed by atoms with Crippen LogP contribution >= 0.6 is 0 Å². The number of hydrogen-bond donors (Lipinski definition) is 2. The van der Waals surface area contributed by atoms with E-state index in [0.29, 0.717) is 38.4 Å². The number of carbonyl (C=O) groups is 2. The Kier molecular flexibility index (Phi) is 5.20. The number of hydrogen-bond acceptors (Lipinski definition) is 2. The van der Waals surface area contributed by atoms with Crippen molar-refractivity contribution in [3.63, 3.8) is 0 Å². The van der Waals surface area contributed by atoms with Gasteiger partial charge in [-0.3, -0.25) is 4.79 Å². The van der Waals surface area contributed by atoms with Crippen LogP contribution in [0.5, 0.6) is 0 Å². The zero-order valence-corrected chi connectivity index (χ0v) is 12.4. The molecular formula is C14H26N2O3. The third-order valence-corrected chi connectivity index (χ3v) is 4.17. The SMILES string of the molecule is CC(CNC(=O)N1CCC(C(=O)O)CC1)C(C)(C)C. The van der Waals surface area contributed by atoms with Crippen LogP contribution in [-0.4, -0.2) is 41.6 Å². The van der Waals surface area contributed by atoms with Crippen molar-refractivity contribution in [1.82, 2.24) is 10.2 Å². The summed E-state index contributed by atoms with van der Waals surface area (Å²) in [5, 5.41) is 11.9. The Labute approximate surface area is 115 Å². The second kappa shape index (κ2) is 6.26. The quantitative estimate of drug-likeness (QED) is 0.825. The number of carboxylic acid groups (broad SMARTS) is 1. The zero-order chi connectivity index (χ0) is 14.6. The molecule has 1 unspecified atom stereocenters. The van der Waals surface area contributed by atoms with E-state index < -0.39 is 5.97 Å². The molecule has 1 aliphatic rings. The normalized spacial score (nSPS) is 19.1. The van der Waals surface area contributed by atoms with Crippen LogP contribution < -0.4 is 5.32 Å². The average Bonchev–Trinajstić information content (AvgIpc) is 2.34. The topological polar surface area (TPSA) is 69.6 Å². The minimum Gasteiger partial charge on any atom is -0.481 e. The van der Waals surface area contributed by atoms with Gasteiger partial charge in [-0.25, -0.2) is 4.79 Å². The molecule has 2 N–H and O–H groups in total. The highest BCUT2D eigenvalue weighted by Gasteiger charge is 2.27. The summed E-state index contributed by atoms with van der Waals surface area (Å²) >= 11 is 0. The molecule has 1 heterocycles. The molecule has 0 spiro atoms. The van der Waals surface area contributed by atoms with Crippen LogP contribution in [0.25, 0.3) is 0 Å². The number of nitrogens with zero attached hydrogens (tertiary/aromatic N) is 1. The van der Waals surface area contributed by atoms with Gasteiger partial charge in [0.05, 0.1) is 5.92 Å². The highest BCUT2D eigenvalue weighted by Crippen LogP contribution is 2.24. The molecule has 2 amide bonds. The molecular weight excluding hydrogens is 244 g/mol. The third-order valence-electron chi connectivity index (χ3n) is 4.17. The van der Waals surface area contributed by atoms with E-state index in [2.05, 4.69) is 33.0 Å². The van der Waals surface area contributed by atoms with Crippen molar-refractivity contribution in [3.8, 4) is 0 Å². The van der Waals surface area contributed by atoms with Crippen LogP contribution in [0.2, 0.25) is 0 Å². The number of carbonyl (C=O) groups excluding carboxylic acids is 1. The second-order valence-corrected chi connectivity index (χ2v) is 6.55. The van der Waals surface area contributed by atoms with Gasteiger partial charge in [0.1, 0.15) is 0 Å². The lowest BCUT2D eigenvalue weighted by molar-refractivity contribution is -0.143. The number of likely N-dealkylation sites (tertiary alicyclic amines) is 1. The molecule has 0 aromatic carbocycles. The van der Waals surface area contributed by atoms with Gasteiger partial charge < -0.3 is 15.3 Å². The molecule has 0 saturated carbocycles. The molecule has 5 nitrogen and oxygen atoms in total. The van der Waals surface area contributed by atoms with Crippen LogP contribution in [0, 0.1) is 17.3 Å². The maximum absolute atomic E-state index is 12.0. The Morgan fingerprint density at radius 3 is 2.26 bits per heavy atom. The van der Waals surface area contributed by atoms with E-state index in [1.54, 1.807) is 4.90 Å². The number of urea groups is 1. The minimum atomic E-state index is -0.749. The Morgan fingerprint density at radius 2 is 1.84 bits per heavy atom. The summed E-state index contributed by atoms with van der Waals surface area (Å²) in [6, 6.07) is -0.0695. The molecule has 1 saturated heterocycles. The average molecular weight is 270 g/mol. The first-order valence-corrected chi connectivity index (χ1v) is 6.97. The van der Waals surface area contributed by atoms with Crippen LogP contribution in [0.15, 0.2) is 0 Å². The van der Waals surface area contributed by atoms with Gasteiger partial charge in [0.25, 0.3) is 0 Å². The molecule has 1 rings (SSSR count). The molecule has 0 bridgehead atoms. The minimum absolute atomic E-state index is 0.0695. The summed E-state index contributed by atoms with van der Waals surface area (Å²) in [6.07, 6.45) is 1.11. The summed E-state index contributed by atoms with van der Waals surface area (Å²) in [6.45, 7) is 10.3.